The zero-order chi connectivity index (χ0) is 36.3. The average molecular weight is 736 g/mol. The highest BCUT2D eigenvalue weighted by atomic mass is 32.1. The number of rotatable bonds is 6. The fourth-order valence-corrected chi connectivity index (χ4v) is 10.5. The fourth-order valence-electron chi connectivity index (χ4n) is 8.16. The van der Waals surface area contributed by atoms with Gasteiger partial charge in [-0.05, 0) is 105 Å². The maximum Gasteiger partial charge on any atom is 0.0467 e. The zero-order valence-corrected chi connectivity index (χ0v) is 31.4. The van der Waals surface area contributed by atoms with Gasteiger partial charge in [0, 0.05) is 57.4 Å². The molecule has 0 radical (unpaired) electrons. The smallest absolute Gasteiger partial charge is 0.0467 e. The molecular formula is C52H33NS2. The molecule has 0 bridgehead atoms. The Kier molecular flexibility index (Phi) is 7.61. The fraction of sp³-hybridized carbons (Fsp3) is 0. The van der Waals surface area contributed by atoms with Gasteiger partial charge in [0.15, 0.2) is 0 Å². The molecule has 0 aliphatic rings. The van der Waals surface area contributed by atoms with Crippen molar-refractivity contribution in [1.29, 1.82) is 0 Å². The van der Waals surface area contributed by atoms with Crippen molar-refractivity contribution in [2.75, 3.05) is 4.90 Å². The van der Waals surface area contributed by atoms with Gasteiger partial charge in [0.1, 0.15) is 0 Å². The molecule has 0 fully saturated rings. The molecule has 258 valence electrons. The molecule has 55 heavy (non-hydrogen) atoms. The number of benzene rings is 9. The lowest BCUT2D eigenvalue weighted by molar-refractivity contribution is 1.28. The molecule has 11 aromatic rings. The third-order valence-corrected chi connectivity index (χ3v) is 13.2. The Bertz CT molecular complexity index is 3240. The molecule has 0 aliphatic carbocycles. The average Bonchev–Trinajstić information content (AvgIpc) is 3.82. The van der Waals surface area contributed by atoms with Gasteiger partial charge in [-0.2, -0.15) is 0 Å². The SMILES string of the molecule is c1cc(-c2ccc3ccccc3c2)cc(N(c2cccc(-c3ccc4c(c3)sc3ccccc34)c2)c2cccc(-c3cccc4c3sc3ccccc34)c2)c1. The summed E-state index contributed by atoms with van der Waals surface area (Å²) >= 11 is 3.75. The van der Waals surface area contributed by atoms with Gasteiger partial charge in [0.25, 0.3) is 0 Å². The standard InChI is InChI=1S/C52H33NS2/c1-2-12-35-29-38(26-25-34(35)11-1)36-13-7-16-41(30-36)53(42-17-8-14-37(31-42)39-27-28-47-45-19-3-5-23-49(45)54-51(47)33-39)43-18-9-15-40(32-43)44-21-10-22-48-46-20-4-6-24-50(46)55-52(44)48/h1-33H. The van der Waals surface area contributed by atoms with E-state index in [0.29, 0.717) is 0 Å². The summed E-state index contributed by atoms with van der Waals surface area (Å²) < 4.78 is 5.28. The van der Waals surface area contributed by atoms with E-state index in [0.717, 1.165) is 17.1 Å². The molecule has 2 aromatic heterocycles. The molecule has 2 heterocycles. The Hall–Kier alpha value is -6.52. The normalized spacial score (nSPS) is 11.6. The summed E-state index contributed by atoms with van der Waals surface area (Å²) in [5.74, 6) is 0. The molecule has 0 atom stereocenters. The van der Waals surface area contributed by atoms with E-state index in [4.69, 9.17) is 0 Å². The quantitative estimate of drug-likeness (QED) is 0.164. The van der Waals surface area contributed by atoms with Crippen LogP contribution < -0.4 is 4.90 Å². The van der Waals surface area contributed by atoms with E-state index in [-0.39, 0.29) is 0 Å². The highest BCUT2D eigenvalue weighted by Crippen LogP contribution is 2.44. The third kappa shape index (κ3) is 5.60. The van der Waals surface area contributed by atoms with Gasteiger partial charge in [0.2, 0.25) is 0 Å². The van der Waals surface area contributed by atoms with Gasteiger partial charge in [-0.3, -0.25) is 0 Å². The first-order valence-corrected chi connectivity index (χ1v) is 20.3. The van der Waals surface area contributed by atoms with E-state index in [1.165, 1.54) is 84.5 Å². The lowest BCUT2D eigenvalue weighted by Crippen LogP contribution is -2.10. The molecule has 0 aliphatic heterocycles. The van der Waals surface area contributed by atoms with Crippen molar-refractivity contribution in [2.24, 2.45) is 0 Å². The second-order valence-corrected chi connectivity index (χ2v) is 16.3. The van der Waals surface area contributed by atoms with Gasteiger partial charge in [-0.1, -0.05) is 140 Å². The van der Waals surface area contributed by atoms with Gasteiger partial charge in [0.05, 0.1) is 0 Å². The molecule has 0 spiro atoms. The molecule has 9 aromatic carbocycles. The minimum absolute atomic E-state index is 1.11. The monoisotopic (exact) mass is 735 g/mol. The second kappa shape index (κ2) is 13.1. The minimum Gasteiger partial charge on any atom is -0.310 e. The molecule has 3 heteroatoms. The van der Waals surface area contributed by atoms with Crippen molar-refractivity contribution in [3.8, 4) is 33.4 Å². The molecule has 0 saturated heterocycles. The summed E-state index contributed by atoms with van der Waals surface area (Å²) in [5, 5.41) is 7.77. The van der Waals surface area contributed by atoms with Gasteiger partial charge < -0.3 is 4.90 Å². The lowest BCUT2D eigenvalue weighted by Gasteiger charge is -2.27. The molecule has 1 nitrogen and oxygen atoms in total. The Morgan fingerprint density at radius 1 is 0.291 bits per heavy atom. The summed E-state index contributed by atoms with van der Waals surface area (Å²) in [5.41, 5.74) is 10.6. The second-order valence-electron chi connectivity index (χ2n) is 14.1. The van der Waals surface area contributed by atoms with Crippen molar-refractivity contribution in [3.05, 3.63) is 200 Å². The first kappa shape index (κ1) is 32.0. The maximum absolute atomic E-state index is 2.42. The van der Waals surface area contributed by atoms with E-state index in [1.54, 1.807) is 0 Å². The summed E-state index contributed by atoms with van der Waals surface area (Å²) in [7, 11) is 0. The van der Waals surface area contributed by atoms with Crippen molar-refractivity contribution in [2.45, 2.75) is 0 Å². The van der Waals surface area contributed by atoms with Crippen LogP contribution in [0.4, 0.5) is 17.1 Å². The number of hydrogen-bond acceptors (Lipinski definition) is 3. The predicted octanol–water partition coefficient (Wildman–Crippen LogP) is 16.0. The molecule has 0 saturated carbocycles. The Labute approximate surface area is 327 Å². The number of anilines is 3. The Morgan fingerprint density at radius 3 is 1.55 bits per heavy atom. The molecule has 0 N–H and O–H groups in total. The summed E-state index contributed by atoms with van der Waals surface area (Å²) in [4.78, 5) is 2.42. The summed E-state index contributed by atoms with van der Waals surface area (Å²) in [6, 6.07) is 73.5. The van der Waals surface area contributed by atoms with E-state index in [2.05, 4.69) is 205 Å². The van der Waals surface area contributed by atoms with Crippen LogP contribution in [0, 0.1) is 0 Å². The van der Waals surface area contributed by atoms with Crippen molar-refractivity contribution >= 4 is 90.9 Å². The van der Waals surface area contributed by atoms with Crippen molar-refractivity contribution in [1.82, 2.24) is 0 Å². The van der Waals surface area contributed by atoms with E-state index in [9.17, 15) is 0 Å². The molecular weight excluding hydrogens is 703 g/mol. The minimum atomic E-state index is 1.11. The molecule has 0 amide bonds. The van der Waals surface area contributed by atoms with Crippen LogP contribution in [-0.4, -0.2) is 0 Å². The molecule has 0 unspecified atom stereocenters. The maximum atomic E-state index is 2.42. The molecule has 11 rings (SSSR count). The first-order valence-electron chi connectivity index (χ1n) is 18.7. The van der Waals surface area contributed by atoms with Gasteiger partial charge in [-0.15, -0.1) is 22.7 Å². The lowest BCUT2D eigenvalue weighted by atomic mass is 9.99. The van der Waals surface area contributed by atoms with Crippen LogP contribution in [0.3, 0.4) is 0 Å². The van der Waals surface area contributed by atoms with Crippen LogP contribution in [0.2, 0.25) is 0 Å². The van der Waals surface area contributed by atoms with Gasteiger partial charge in [-0.25, -0.2) is 0 Å². The number of hydrogen-bond donors (Lipinski definition) is 0. The highest BCUT2D eigenvalue weighted by Gasteiger charge is 2.17. The van der Waals surface area contributed by atoms with Crippen LogP contribution in [0.15, 0.2) is 200 Å². The number of nitrogens with zero attached hydrogens (tertiary/aromatic N) is 1. The van der Waals surface area contributed by atoms with E-state index in [1.807, 2.05) is 22.7 Å². The van der Waals surface area contributed by atoms with Crippen LogP contribution in [0.1, 0.15) is 0 Å². The van der Waals surface area contributed by atoms with Crippen LogP contribution in [-0.2, 0) is 0 Å². The topological polar surface area (TPSA) is 3.24 Å². The third-order valence-electron chi connectivity index (χ3n) is 10.8. The highest BCUT2D eigenvalue weighted by molar-refractivity contribution is 7.26. The summed E-state index contributed by atoms with van der Waals surface area (Å²) in [6.07, 6.45) is 0. The zero-order valence-electron chi connectivity index (χ0n) is 29.8. The van der Waals surface area contributed by atoms with E-state index >= 15 is 0 Å². The van der Waals surface area contributed by atoms with E-state index < -0.39 is 0 Å². The largest absolute Gasteiger partial charge is 0.310 e. The van der Waals surface area contributed by atoms with Gasteiger partial charge >= 0.3 is 0 Å². The van der Waals surface area contributed by atoms with Crippen LogP contribution >= 0.6 is 22.7 Å². The first-order chi connectivity index (χ1) is 27.2. The van der Waals surface area contributed by atoms with Crippen LogP contribution in [0.5, 0.6) is 0 Å². The number of fused-ring (bicyclic) bond motifs is 7. The number of thiophene rings is 2. The Morgan fingerprint density at radius 2 is 0.800 bits per heavy atom. The Balaban J connectivity index is 1.07. The van der Waals surface area contributed by atoms with Crippen molar-refractivity contribution in [3.63, 3.8) is 0 Å². The summed E-state index contributed by atoms with van der Waals surface area (Å²) in [6.45, 7) is 0. The van der Waals surface area contributed by atoms with Crippen LogP contribution in [0.25, 0.3) is 84.5 Å². The van der Waals surface area contributed by atoms with Crippen molar-refractivity contribution < 1.29 is 0 Å². The predicted molar refractivity (Wildman–Crippen MR) is 241 cm³/mol.